The van der Waals surface area contributed by atoms with Gasteiger partial charge in [0.2, 0.25) is 0 Å². The molecule has 0 radical (unpaired) electrons. The van der Waals surface area contributed by atoms with Crippen LogP contribution in [-0.4, -0.2) is 37.2 Å². The van der Waals surface area contributed by atoms with Crippen LogP contribution in [0, 0.1) is 0 Å². The minimum atomic E-state index is -0.779. The Morgan fingerprint density at radius 2 is 0.600 bits per heavy atom. The van der Waals surface area contributed by atoms with Crippen LogP contribution in [0.3, 0.4) is 0 Å². The van der Waals surface area contributed by atoms with Gasteiger partial charge in [-0.1, -0.05) is 229 Å². The van der Waals surface area contributed by atoms with Gasteiger partial charge in [0, 0.05) is 19.3 Å². The number of hydrogen-bond donors (Lipinski definition) is 0. The van der Waals surface area contributed by atoms with Gasteiger partial charge in [-0.25, -0.2) is 0 Å². The molecule has 6 nitrogen and oxygen atoms in total. The quantitative estimate of drug-likeness (QED) is 0.0262. The molecule has 1 unspecified atom stereocenters. The average Bonchev–Trinajstić information content (AvgIpc) is 3.30. The SMILES string of the molecule is CC/C=C\C/C=C\C/C=C\C/C=C\CCCCCCCCCCCCCCC(=O)OCC(COC(=O)CCCCCCCC)OC(=O)CCCCCCC/C=C\C/C=C\CCCCCC. The molecule has 0 aromatic rings. The van der Waals surface area contributed by atoms with Crippen LogP contribution in [-0.2, 0) is 28.6 Å². The Kier molecular flexibility index (Phi) is 50.9. The van der Waals surface area contributed by atoms with E-state index in [0.717, 1.165) is 109 Å². The molecule has 0 aromatic carbocycles. The summed E-state index contributed by atoms with van der Waals surface area (Å²) in [4.78, 5) is 37.8. The normalized spacial score (nSPS) is 12.6. The summed E-state index contributed by atoms with van der Waals surface area (Å²) in [7, 11) is 0. The van der Waals surface area contributed by atoms with Gasteiger partial charge in [0.1, 0.15) is 13.2 Å². The standard InChI is InChI=1S/C59H102O6/c1-4-7-10-13-16-18-20-22-24-26-27-28-29-30-31-32-33-34-36-37-39-41-43-46-49-52-58(61)64-55-56(54-63-57(60)51-48-45-15-12-9-6-3)65-59(62)53-50-47-44-42-40-38-35-25-23-21-19-17-14-11-8-5-2/h7,10,16,18-19,21-22,24-25,27-28,35,56H,4-6,8-9,11-15,17,20,23,26,29-34,36-55H2,1-3H3/b10-7-,18-16-,21-19-,24-22-,28-27-,35-25-. The molecule has 0 aliphatic rings. The Labute approximate surface area is 402 Å². The lowest BCUT2D eigenvalue weighted by molar-refractivity contribution is -0.167. The fourth-order valence-corrected chi connectivity index (χ4v) is 7.58. The molecular formula is C59H102O6. The van der Waals surface area contributed by atoms with E-state index >= 15 is 0 Å². The Morgan fingerprint density at radius 3 is 0.954 bits per heavy atom. The van der Waals surface area contributed by atoms with E-state index in [-0.39, 0.29) is 31.1 Å². The summed E-state index contributed by atoms with van der Waals surface area (Å²) in [6, 6.07) is 0. The fourth-order valence-electron chi connectivity index (χ4n) is 7.58. The first-order valence-corrected chi connectivity index (χ1v) is 27.4. The Bertz CT molecular complexity index is 1230. The molecule has 0 saturated heterocycles. The first-order chi connectivity index (χ1) is 32.0. The summed E-state index contributed by atoms with van der Waals surface area (Å²) >= 11 is 0. The summed E-state index contributed by atoms with van der Waals surface area (Å²) in [5.41, 5.74) is 0. The Morgan fingerprint density at radius 1 is 0.323 bits per heavy atom. The van der Waals surface area contributed by atoms with E-state index in [1.165, 1.54) is 116 Å². The van der Waals surface area contributed by atoms with Gasteiger partial charge >= 0.3 is 17.9 Å². The van der Waals surface area contributed by atoms with E-state index < -0.39 is 6.10 Å². The highest BCUT2D eigenvalue weighted by molar-refractivity contribution is 5.71. The maximum absolute atomic E-state index is 12.8. The zero-order valence-electron chi connectivity index (χ0n) is 42.7. The van der Waals surface area contributed by atoms with Crippen LogP contribution in [0.2, 0.25) is 0 Å². The maximum Gasteiger partial charge on any atom is 0.306 e. The number of esters is 3. The minimum Gasteiger partial charge on any atom is -0.462 e. The van der Waals surface area contributed by atoms with E-state index in [1.54, 1.807) is 0 Å². The molecule has 0 N–H and O–H groups in total. The predicted octanol–water partition coefficient (Wildman–Crippen LogP) is 18.2. The topological polar surface area (TPSA) is 78.9 Å². The smallest absolute Gasteiger partial charge is 0.306 e. The van der Waals surface area contributed by atoms with Crippen molar-refractivity contribution in [3.05, 3.63) is 72.9 Å². The summed E-state index contributed by atoms with van der Waals surface area (Å²) < 4.78 is 16.7. The van der Waals surface area contributed by atoms with Crippen molar-refractivity contribution in [1.82, 2.24) is 0 Å². The molecule has 0 fully saturated rings. The molecule has 0 spiro atoms. The van der Waals surface area contributed by atoms with Crippen molar-refractivity contribution in [3.63, 3.8) is 0 Å². The largest absolute Gasteiger partial charge is 0.462 e. The summed E-state index contributed by atoms with van der Waals surface area (Å²) in [6.45, 7) is 6.44. The van der Waals surface area contributed by atoms with E-state index in [2.05, 4.69) is 93.7 Å². The molecule has 0 aliphatic carbocycles. The zero-order valence-corrected chi connectivity index (χ0v) is 42.7. The second-order valence-corrected chi connectivity index (χ2v) is 18.1. The van der Waals surface area contributed by atoms with Crippen molar-refractivity contribution in [2.45, 2.75) is 271 Å². The number of unbranched alkanes of at least 4 members (excludes halogenated alkanes) is 26. The van der Waals surface area contributed by atoms with Gasteiger partial charge in [-0.3, -0.25) is 14.4 Å². The molecular weight excluding hydrogens is 805 g/mol. The van der Waals surface area contributed by atoms with Crippen molar-refractivity contribution in [3.8, 4) is 0 Å². The van der Waals surface area contributed by atoms with Crippen molar-refractivity contribution in [1.29, 1.82) is 0 Å². The fraction of sp³-hybridized carbons (Fsp3) is 0.746. The lowest BCUT2D eigenvalue weighted by atomic mass is 10.0. The third-order valence-electron chi connectivity index (χ3n) is 11.7. The minimum absolute atomic E-state index is 0.0807. The molecule has 0 saturated carbocycles. The third-order valence-corrected chi connectivity index (χ3v) is 11.7. The average molecular weight is 907 g/mol. The number of carbonyl (C=O) groups is 3. The number of rotatable bonds is 49. The second kappa shape index (κ2) is 53.5. The van der Waals surface area contributed by atoms with Gasteiger partial charge in [-0.2, -0.15) is 0 Å². The molecule has 0 amide bonds. The van der Waals surface area contributed by atoms with Gasteiger partial charge in [-0.05, 0) is 89.9 Å². The van der Waals surface area contributed by atoms with Crippen LogP contribution in [0.25, 0.3) is 0 Å². The maximum atomic E-state index is 12.8. The van der Waals surface area contributed by atoms with E-state index in [4.69, 9.17) is 14.2 Å². The second-order valence-electron chi connectivity index (χ2n) is 18.1. The lowest BCUT2D eigenvalue weighted by Gasteiger charge is -2.18. The summed E-state index contributed by atoms with van der Waals surface area (Å²) in [5, 5.41) is 0. The molecule has 0 aromatic heterocycles. The van der Waals surface area contributed by atoms with Crippen molar-refractivity contribution < 1.29 is 28.6 Å². The lowest BCUT2D eigenvalue weighted by Crippen LogP contribution is -2.30. The first kappa shape index (κ1) is 61.9. The van der Waals surface area contributed by atoms with Gasteiger partial charge < -0.3 is 14.2 Å². The molecule has 0 heterocycles. The molecule has 1 atom stereocenters. The molecule has 0 rings (SSSR count). The Hall–Kier alpha value is -3.15. The van der Waals surface area contributed by atoms with Gasteiger partial charge in [0.15, 0.2) is 6.10 Å². The van der Waals surface area contributed by atoms with Crippen molar-refractivity contribution in [2.24, 2.45) is 0 Å². The number of allylic oxidation sites excluding steroid dienone is 12. The molecule has 374 valence electrons. The highest BCUT2D eigenvalue weighted by Crippen LogP contribution is 2.15. The number of carbonyl (C=O) groups excluding carboxylic acids is 3. The molecule has 6 heteroatoms. The highest BCUT2D eigenvalue weighted by atomic mass is 16.6. The monoisotopic (exact) mass is 907 g/mol. The molecule has 65 heavy (non-hydrogen) atoms. The highest BCUT2D eigenvalue weighted by Gasteiger charge is 2.19. The number of ether oxygens (including phenoxy) is 3. The van der Waals surface area contributed by atoms with Crippen LogP contribution < -0.4 is 0 Å². The summed E-state index contributed by atoms with van der Waals surface area (Å²) in [5.74, 6) is -0.902. The van der Waals surface area contributed by atoms with Gasteiger partial charge in [-0.15, -0.1) is 0 Å². The van der Waals surface area contributed by atoms with Gasteiger partial charge in [0.25, 0.3) is 0 Å². The number of hydrogen-bond acceptors (Lipinski definition) is 6. The van der Waals surface area contributed by atoms with Crippen molar-refractivity contribution >= 4 is 17.9 Å². The van der Waals surface area contributed by atoms with Crippen LogP contribution in [0.4, 0.5) is 0 Å². The first-order valence-electron chi connectivity index (χ1n) is 27.4. The van der Waals surface area contributed by atoms with Gasteiger partial charge in [0.05, 0.1) is 0 Å². The van der Waals surface area contributed by atoms with E-state index in [0.29, 0.717) is 19.3 Å². The van der Waals surface area contributed by atoms with E-state index in [9.17, 15) is 14.4 Å². The van der Waals surface area contributed by atoms with Crippen molar-refractivity contribution in [2.75, 3.05) is 13.2 Å². The van der Waals surface area contributed by atoms with Crippen LogP contribution in [0.5, 0.6) is 0 Å². The Balaban J connectivity index is 4.14. The third kappa shape index (κ3) is 51.7. The predicted molar refractivity (Wildman–Crippen MR) is 279 cm³/mol. The van der Waals surface area contributed by atoms with Crippen LogP contribution in [0.1, 0.15) is 265 Å². The molecule has 0 aliphatic heterocycles. The zero-order chi connectivity index (χ0) is 47.2. The van der Waals surface area contributed by atoms with E-state index in [1.807, 2.05) is 0 Å². The summed E-state index contributed by atoms with van der Waals surface area (Å²) in [6.07, 6.45) is 67.8. The molecule has 0 bridgehead atoms. The van der Waals surface area contributed by atoms with Crippen LogP contribution in [0.15, 0.2) is 72.9 Å². The van der Waals surface area contributed by atoms with Crippen LogP contribution >= 0.6 is 0 Å².